The third-order valence-corrected chi connectivity index (χ3v) is 5.04. The molecule has 0 saturated heterocycles. The first-order valence-electron chi connectivity index (χ1n) is 7.87. The Balaban J connectivity index is 1.94. The van der Waals surface area contributed by atoms with Gasteiger partial charge in [-0.3, -0.25) is 18.7 Å². The second kappa shape index (κ2) is 8.03. The van der Waals surface area contributed by atoms with Gasteiger partial charge in [0.1, 0.15) is 17.1 Å². The molecule has 1 amide bonds. The Morgan fingerprint density at radius 3 is 2.78 bits per heavy atom. The molecule has 1 N–H and O–H groups in total. The molecule has 3 aromatic rings. The quantitative estimate of drug-likeness (QED) is 0.674. The van der Waals surface area contributed by atoms with Gasteiger partial charge in [0.15, 0.2) is 0 Å². The topological polar surface area (TPSA) is 82.3 Å². The van der Waals surface area contributed by atoms with Crippen LogP contribution in [0.4, 0.5) is 10.1 Å². The maximum atomic E-state index is 13.2. The van der Waals surface area contributed by atoms with Crippen molar-refractivity contribution in [2.75, 3.05) is 19.0 Å². The summed E-state index contributed by atoms with van der Waals surface area (Å²) in [4.78, 5) is 37.6. The molecule has 10 heteroatoms. The number of anilines is 1. The first kappa shape index (κ1) is 19.3. The van der Waals surface area contributed by atoms with Crippen LogP contribution in [0.2, 0.25) is 5.02 Å². The van der Waals surface area contributed by atoms with Crippen LogP contribution in [0.1, 0.15) is 0 Å². The van der Waals surface area contributed by atoms with Crippen molar-refractivity contribution < 1.29 is 13.9 Å². The molecule has 0 saturated carbocycles. The van der Waals surface area contributed by atoms with E-state index in [-0.39, 0.29) is 24.7 Å². The van der Waals surface area contributed by atoms with E-state index in [1.807, 2.05) is 0 Å². The van der Waals surface area contributed by atoms with Crippen molar-refractivity contribution in [3.05, 3.63) is 61.3 Å². The summed E-state index contributed by atoms with van der Waals surface area (Å²) in [6.45, 7) is -0.0438. The van der Waals surface area contributed by atoms with Crippen molar-refractivity contribution >= 4 is 44.7 Å². The molecule has 3 rings (SSSR count). The van der Waals surface area contributed by atoms with Crippen molar-refractivity contribution in [1.82, 2.24) is 9.13 Å². The number of fused-ring (bicyclic) bond motifs is 1. The van der Waals surface area contributed by atoms with E-state index < -0.39 is 23.0 Å². The molecule has 2 heterocycles. The van der Waals surface area contributed by atoms with Crippen LogP contribution < -0.4 is 16.6 Å². The summed E-state index contributed by atoms with van der Waals surface area (Å²) in [6, 6.07) is 5.39. The number of thiophene rings is 1. The molecular weight excluding hydrogens is 397 g/mol. The smallest absolute Gasteiger partial charge is 0.332 e. The summed E-state index contributed by atoms with van der Waals surface area (Å²) in [7, 11) is 1.47. The average Bonchev–Trinajstić information content (AvgIpc) is 3.12. The summed E-state index contributed by atoms with van der Waals surface area (Å²) in [5.74, 6) is -1.11. The standard InChI is InChI=1S/C17H15ClFN3O4S/c1-26-6-5-21-16(24)15-13(4-7-27-15)22(17(21)25)9-14(23)20-10-2-3-12(19)11(18)8-10/h2-4,7-8H,5-6,9H2,1H3,(H,20,23). The van der Waals surface area contributed by atoms with Gasteiger partial charge in [0, 0.05) is 12.8 Å². The minimum atomic E-state index is -0.602. The van der Waals surface area contributed by atoms with Crippen LogP contribution in [-0.4, -0.2) is 28.8 Å². The van der Waals surface area contributed by atoms with Crippen molar-refractivity contribution in [3.63, 3.8) is 0 Å². The SMILES string of the molecule is COCCn1c(=O)c2sccc2n(CC(=O)Nc2ccc(F)c(Cl)c2)c1=O. The number of hydrogen-bond donors (Lipinski definition) is 1. The van der Waals surface area contributed by atoms with Gasteiger partial charge in [-0.25, -0.2) is 9.18 Å². The number of benzene rings is 1. The number of aromatic nitrogens is 2. The van der Waals surface area contributed by atoms with Crippen LogP contribution >= 0.6 is 22.9 Å². The highest BCUT2D eigenvalue weighted by molar-refractivity contribution is 7.17. The molecule has 0 unspecified atom stereocenters. The fraction of sp³-hybridized carbons (Fsp3) is 0.235. The molecule has 0 bridgehead atoms. The Bertz CT molecular complexity index is 1120. The zero-order valence-electron chi connectivity index (χ0n) is 14.2. The molecular formula is C17H15ClFN3O4S. The summed E-state index contributed by atoms with van der Waals surface area (Å²) in [5.41, 5.74) is -0.330. The molecule has 0 aliphatic carbocycles. The predicted octanol–water partition coefficient (Wildman–Crippen LogP) is 2.30. The Kier molecular flexibility index (Phi) is 5.73. The summed E-state index contributed by atoms with van der Waals surface area (Å²) < 4.78 is 20.8. The molecule has 0 spiro atoms. The zero-order valence-corrected chi connectivity index (χ0v) is 15.8. The first-order chi connectivity index (χ1) is 12.9. The Labute approximate surface area is 161 Å². The van der Waals surface area contributed by atoms with Crippen molar-refractivity contribution in [3.8, 4) is 0 Å². The van der Waals surface area contributed by atoms with Crippen LogP contribution in [0, 0.1) is 5.82 Å². The maximum absolute atomic E-state index is 13.2. The van der Waals surface area contributed by atoms with Gasteiger partial charge in [-0.2, -0.15) is 0 Å². The third-order valence-electron chi connectivity index (χ3n) is 3.86. The maximum Gasteiger partial charge on any atom is 0.332 e. The molecule has 0 atom stereocenters. The summed E-state index contributed by atoms with van der Waals surface area (Å²) in [5, 5.41) is 4.12. The fourth-order valence-corrected chi connectivity index (χ4v) is 3.61. The van der Waals surface area contributed by atoms with E-state index in [4.69, 9.17) is 16.3 Å². The molecule has 142 valence electrons. The van der Waals surface area contributed by atoms with Gasteiger partial charge < -0.3 is 10.1 Å². The van der Waals surface area contributed by atoms with E-state index in [1.165, 1.54) is 35.1 Å². The van der Waals surface area contributed by atoms with Gasteiger partial charge in [0.2, 0.25) is 5.91 Å². The van der Waals surface area contributed by atoms with Crippen molar-refractivity contribution in [2.24, 2.45) is 0 Å². The Morgan fingerprint density at radius 2 is 2.07 bits per heavy atom. The molecule has 0 radical (unpaired) electrons. The van der Waals surface area contributed by atoms with Gasteiger partial charge in [-0.1, -0.05) is 11.6 Å². The lowest BCUT2D eigenvalue weighted by Crippen LogP contribution is -2.42. The number of methoxy groups -OCH3 is 1. The third kappa shape index (κ3) is 3.95. The minimum Gasteiger partial charge on any atom is -0.383 e. The molecule has 7 nitrogen and oxygen atoms in total. The highest BCUT2D eigenvalue weighted by Crippen LogP contribution is 2.20. The molecule has 0 aliphatic heterocycles. The molecule has 2 aromatic heterocycles. The van der Waals surface area contributed by atoms with E-state index in [0.29, 0.717) is 15.9 Å². The van der Waals surface area contributed by atoms with Gasteiger partial charge in [0.25, 0.3) is 5.56 Å². The Morgan fingerprint density at radius 1 is 1.30 bits per heavy atom. The number of nitrogens with one attached hydrogen (secondary N) is 1. The Hall–Kier alpha value is -2.49. The largest absolute Gasteiger partial charge is 0.383 e. The lowest BCUT2D eigenvalue weighted by molar-refractivity contribution is -0.116. The predicted molar refractivity (Wildman–Crippen MR) is 102 cm³/mol. The number of nitrogens with zero attached hydrogens (tertiary/aromatic N) is 2. The van der Waals surface area contributed by atoms with Gasteiger partial charge in [-0.05, 0) is 29.6 Å². The minimum absolute atomic E-state index is 0.0806. The summed E-state index contributed by atoms with van der Waals surface area (Å²) in [6.07, 6.45) is 0. The monoisotopic (exact) mass is 411 g/mol. The second-order valence-corrected chi connectivity index (χ2v) is 6.95. The highest BCUT2D eigenvalue weighted by Gasteiger charge is 2.16. The lowest BCUT2D eigenvalue weighted by atomic mass is 10.3. The van der Waals surface area contributed by atoms with Crippen LogP contribution in [-0.2, 0) is 22.6 Å². The summed E-state index contributed by atoms with van der Waals surface area (Å²) >= 11 is 6.90. The van der Waals surface area contributed by atoms with Crippen LogP contribution in [0.5, 0.6) is 0 Å². The highest BCUT2D eigenvalue weighted by atomic mass is 35.5. The van der Waals surface area contributed by atoms with Crippen molar-refractivity contribution in [2.45, 2.75) is 13.1 Å². The molecule has 0 fully saturated rings. The van der Waals surface area contributed by atoms with Crippen LogP contribution in [0.25, 0.3) is 10.2 Å². The van der Waals surface area contributed by atoms with Gasteiger partial charge >= 0.3 is 5.69 Å². The number of halogens is 2. The van der Waals surface area contributed by atoms with Gasteiger partial charge in [-0.15, -0.1) is 11.3 Å². The van der Waals surface area contributed by atoms with E-state index in [2.05, 4.69) is 5.32 Å². The van der Waals surface area contributed by atoms with Crippen LogP contribution in [0.15, 0.2) is 39.2 Å². The number of rotatable bonds is 6. The number of hydrogen-bond acceptors (Lipinski definition) is 5. The average molecular weight is 412 g/mol. The number of amides is 1. The van der Waals surface area contributed by atoms with Crippen molar-refractivity contribution in [1.29, 1.82) is 0 Å². The molecule has 1 aromatic carbocycles. The van der Waals surface area contributed by atoms with E-state index in [1.54, 1.807) is 11.4 Å². The van der Waals surface area contributed by atoms with E-state index in [0.717, 1.165) is 10.6 Å². The van der Waals surface area contributed by atoms with E-state index in [9.17, 15) is 18.8 Å². The first-order valence-corrected chi connectivity index (χ1v) is 9.13. The normalized spacial score (nSPS) is 11.1. The second-order valence-electron chi connectivity index (χ2n) is 5.63. The molecule has 0 aliphatic rings. The lowest BCUT2D eigenvalue weighted by Gasteiger charge is -2.12. The zero-order chi connectivity index (χ0) is 19.6. The molecule has 27 heavy (non-hydrogen) atoms. The van der Waals surface area contributed by atoms with Crippen LogP contribution in [0.3, 0.4) is 0 Å². The van der Waals surface area contributed by atoms with Gasteiger partial charge in [0.05, 0.1) is 23.7 Å². The fourth-order valence-electron chi connectivity index (χ4n) is 2.58. The number of ether oxygens (including phenoxy) is 1. The van der Waals surface area contributed by atoms with E-state index >= 15 is 0 Å². The number of carbonyl (C=O) groups excluding carboxylic acids is 1. The number of carbonyl (C=O) groups is 1.